The lowest BCUT2D eigenvalue weighted by molar-refractivity contribution is 0.805. The zero-order chi connectivity index (χ0) is 12.6. The summed E-state index contributed by atoms with van der Waals surface area (Å²) < 4.78 is 2.94. The lowest BCUT2D eigenvalue weighted by Gasteiger charge is -2.06. The van der Waals surface area contributed by atoms with Gasteiger partial charge >= 0.3 is 0 Å². The van der Waals surface area contributed by atoms with Gasteiger partial charge in [0, 0.05) is 13.5 Å². The highest BCUT2D eigenvalue weighted by atomic mass is 79.9. The van der Waals surface area contributed by atoms with Gasteiger partial charge in [-0.05, 0) is 40.5 Å². The molecule has 0 unspecified atom stereocenters. The second-order valence-corrected chi connectivity index (χ2v) is 5.45. The molecule has 0 atom stereocenters. The summed E-state index contributed by atoms with van der Waals surface area (Å²) in [6, 6.07) is 5.68. The van der Waals surface area contributed by atoms with E-state index in [0.29, 0.717) is 10.0 Å². The van der Waals surface area contributed by atoms with E-state index in [-0.39, 0.29) is 0 Å². The van der Waals surface area contributed by atoms with Crippen LogP contribution in [0.4, 0.5) is 0 Å². The smallest absolute Gasteiger partial charge is 0.127 e. The maximum absolute atomic E-state index is 6.00. The lowest BCUT2D eigenvalue weighted by Crippen LogP contribution is -2.00. The predicted molar refractivity (Wildman–Crippen MR) is 74.9 cm³/mol. The van der Waals surface area contributed by atoms with Crippen LogP contribution in [0.25, 0.3) is 0 Å². The molecule has 0 amide bonds. The number of nitrogens with zero attached hydrogens (tertiary/aromatic N) is 2. The highest BCUT2D eigenvalue weighted by molar-refractivity contribution is 9.10. The molecular formula is C12H11BrCl2N2. The quantitative estimate of drug-likeness (QED) is 0.797. The van der Waals surface area contributed by atoms with Crippen molar-refractivity contribution >= 4 is 39.1 Å². The summed E-state index contributed by atoms with van der Waals surface area (Å²) in [5.74, 6) is 0.979. The summed E-state index contributed by atoms with van der Waals surface area (Å²) in [4.78, 5) is 4.37. The zero-order valence-corrected chi connectivity index (χ0v) is 12.6. The molecule has 1 aromatic carbocycles. The molecule has 17 heavy (non-hydrogen) atoms. The molecule has 0 fully saturated rings. The monoisotopic (exact) mass is 332 g/mol. The number of aromatic nitrogens is 2. The predicted octanol–water partition coefficient (Wildman–Crippen LogP) is 4.39. The Labute approximate surface area is 119 Å². The fourth-order valence-corrected chi connectivity index (χ4v) is 2.63. The van der Waals surface area contributed by atoms with Crippen molar-refractivity contribution in [3.05, 3.63) is 49.9 Å². The van der Waals surface area contributed by atoms with Crippen LogP contribution in [0.1, 0.15) is 17.1 Å². The van der Waals surface area contributed by atoms with E-state index in [1.54, 1.807) is 0 Å². The van der Waals surface area contributed by atoms with Crippen LogP contribution >= 0.6 is 39.1 Å². The first-order valence-electron chi connectivity index (χ1n) is 5.10. The maximum atomic E-state index is 6.00. The standard InChI is InChI=1S/C12H11BrCl2N2/c1-7-16-12(13)11(17(7)2)6-8-3-4-9(14)10(15)5-8/h3-5H,6H2,1-2H3. The zero-order valence-electron chi connectivity index (χ0n) is 9.47. The minimum absolute atomic E-state index is 0.579. The highest BCUT2D eigenvalue weighted by Gasteiger charge is 2.11. The lowest BCUT2D eigenvalue weighted by atomic mass is 10.1. The number of halogens is 3. The molecule has 0 radical (unpaired) electrons. The van der Waals surface area contributed by atoms with Crippen molar-refractivity contribution in [1.82, 2.24) is 9.55 Å². The summed E-state index contributed by atoms with van der Waals surface area (Å²) in [6.45, 7) is 1.98. The minimum atomic E-state index is 0.579. The minimum Gasteiger partial charge on any atom is -0.334 e. The van der Waals surface area contributed by atoms with E-state index in [4.69, 9.17) is 23.2 Å². The van der Waals surface area contributed by atoms with E-state index in [9.17, 15) is 0 Å². The maximum Gasteiger partial charge on any atom is 0.127 e. The summed E-state index contributed by atoms with van der Waals surface area (Å²) in [5, 5.41) is 1.16. The third-order valence-corrected chi connectivity index (χ3v) is 4.12. The average molecular weight is 334 g/mol. The molecule has 0 saturated heterocycles. The third-order valence-electron chi connectivity index (χ3n) is 2.74. The second-order valence-electron chi connectivity index (χ2n) is 3.88. The first kappa shape index (κ1) is 12.9. The normalized spacial score (nSPS) is 10.9. The van der Waals surface area contributed by atoms with E-state index >= 15 is 0 Å². The molecule has 0 N–H and O–H groups in total. The molecule has 1 heterocycles. The Hall–Kier alpha value is -0.510. The molecule has 90 valence electrons. The van der Waals surface area contributed by atoms with Crippen molar-refractivity contribution in [3.63, 3.8) is 0 Å². The van der Waals surface area contributed by atoms with Crippen LogP contribution in [-0.2, 0) is 13.5 Å². The first-order valence-corrected chi connectivity index (χ1v) is 6.65. The number of imidazole rings is 1. The van der Waals surface area contributed by atoms with E-state index in [1.807, 2.05) is 32.2 Å². The van der Waals surface area contributed by atoms with Crippen LogP contribution in [-0.4, -0.2) is 9.55 Å². The van der Waals surface area contributed by atoms with Crippen molar-refractivity contribution in [2.75, 3.05) is 0 Å². The molecule has 0 bridgehead atoms. The molecule has 2 aromatic rings. The van der Waals surface area contributed by atoms with Crippen LogP contribution in [0.5, 0.6) is 0 Å². The Morgan fingerprint density at radius 1 is 1.29 bits per heavy atom. The Bertz CT molecular complexity index is 564. The molecule has 0 aliphatic heterocycles. The van der Waals surface area contributed by atoms with Gasteiger partial charge in [-0.2, -0.15) is 0 Å². The van der Waals surface area contributed by atoms with E-state index < -0.39 is 0 Å². The van der Waals surface area contributed by atoms with Gasteiger partial charge in [0.25, 0.3) is 0 Å². The van der Waals surface area contributed by atoms with E-state index in [2.05, 4.69) is 25.5 Å². The fourth-order valence-electron chi connectivity index (χ4n) is 1.65. The molecule has 0 aliphatic rings. The van der Waals surface area contributed by atoms with Gasteiger partial charge in [0.1, 0.15) is 10.4 Å². The Balaban J connectivity index is 2.34. The number of hydrogen-bond acceptors (Lipinski definition) is 1. The summed E-state index contributed by atoms with van der Waals surface area (Å²) in [5.41, 5.74) is 2.24. The fraction of sp³-hybridized carbons (Fsp3) is 0.250. The summed E-state index contributed by atoms with van der Waals surface area (Å²) in [6.07, 6.45) is 0.773. The van der Waals surface area contributed by atoms with Crippen molar-refractivity contribution in [2.24, 2.45) is 7.05 Å². The molecule has 0 aliphatic carbocycles. The molecule has 1 aromatic heterocycles. The van der Waals surface area contributed by atoms with Crippen LogP contribution in [0.15, 0.2) is 22.8 Å². The van der Waals surface area contributed by atoms with E-state index in [1.165, 1.54) is 0 Å². The van der Waals surface area contributed by atoms with Gasteiger partial charge in [-0.1, -0.05) is 29.3 Å². The van der Waals surface area contributed by atoms with E-state index in [0.717, 1.165) is 28.1 Å². The summed E-state index contributed by atoms with van der Waals surface area (Å²) in [7, 11) is 2.00. The van der Waals surface area contributed by atoms with Gasteiger partial charge in [0.15, 0.2) is 0 Å². The van der Waals surface area contributed by atoms with Crippen LogP contribution in [0.2, 0.25) is 10.0 Å². The van der Waals surface area contributed by atoms with Crippen LogP contribution in [0, 0.1) is 6.92 Å². The third kappa shape index (κ3) is 2.67. The molecule has 0 saturated carbocycles. The van der Waals surface area contributed by atoms with Gasteiger partial charge in [-0.15, -0.1) is 0 Å². The van der Waals surface area contributed by atoms with Crippen LogP contribution < -0.4 is 0 Å². The topological polar surface area (TPSA) is 17.8 Å². The Kier molecular flexibility index (Phi) is 3.81. The molecule has 0 spiro atoms. The molecule has 2 rings (SSSR count). The van der Waals surface area contributed by atoms with Crippen molar-refractivity contribution in [2.45, 2.75) is 13.3 Å². The van der Waals surface area contributed by atoms with Crippen molar-refractivity contribution in [1.29, 1.82) is 0 Å². The Morgan fingerprint density at radius 3 is 2.53 bits per heavy atom. The van der Waals surface area contributed by atoms with Crippen LogP contribution in [0.3, 0.4) is 0 Å². The van der Waals surface area contributed by atoms with Gasteiger partial charge in [-0.3, -0.25) is 0 Å². The van der Waals surface area contributed by atoms with Crippen molar-refractivity contribution < 1.29 is 0 Å². The molecule has 2 nitrogen and oxygen atoms in total. The van der Waals surface area contributed by atoms with Gasteiger partial charge in [0.2, 0.25) is 0 Å². The second kappa shape index (κ2) is 5.01. The largest absolute Gasteiger partial charge is 0.334 e. The Morgan fingerprint density at radius 2 is 2.00 bits per heavy atom. The molecule has 5 heteroatoms. The van der Waals surface area contributed by atoms with Gasteiger partial charge in [-0.25, -0.2) is 4.98 Å². The average Bonchev–Trinajstić information content (AvgIpc) is 2.50. The number of hydrogen-bond donors (Lipinski definition) is 0. The van der Waals surface area contributed by atoms with Gasteiger partial charge in [0.05, 0.1) is 15.7 Å². The SMILES string of the molecule is Cc1nc(Br)c(Cc2ccc(Cl)c(Cl)c2)n1C. The number of aryl methyl sites for hydroxylation is 1. The summed E-state index contributed by atoms with van der Waals surface area (Å²) >= 11 is 15.4. The highest BCUT2D eigenvalue weighted by Crippen LogP contribution is 2.25. The number of rotatable bonds is 2. The van der Waals surface area contributed by atoms with Crippen molar-refractivity contribution in [3.8, 4) is 0 Å². The molecular weight excluding hydrogens is 323 g/mol. The first-order chi connectivity index (χ1) is 7.99. The number of benzene rings is 1. The van der Waals surface area contributed by atoms with Gasteiger partial charge < -0.3 is 4.57 Å².